The van der Waals surface area contributed by atoms with E-state index in [2.05, 4.69) is 6.07 Å². The van der Waals surface area contributed by atoms with Crippen molar-refractivity contribution in [3.8, 4) is 6.07 Å². The van der Waals surface area contributed by atoms with Gasteiger partial charge in [-0.1, -0.05) is 54.2 Å². The second-order valence-electron chi connectivity index (χ2n) is 5.94. The van der Waals surface area contributed by atoms with E-state index >= 15 is 0 Å². The molecule has 0 saturated heterocycles. The molecule has 3 aromatic carbocycles. The Balaban J connectivity index is 1.81. The van der Waals surface area contributed by atoms with E-state index < -0.39 is 24.3 Å². The molecule has 0 fully saturated rings. The zero-order chi connectivity index (χ0) is 20.9. The monoisotopic (exact) mass is 413 g/mol. The average molecular weight is 413 g/mol. The third-order valence-electron chi connectivity index (χ3n) is 4.02. The highest BCUT2D eigenvalue weighted by molar-refractivity contribution is 7.99. The Morgan fingerprint density at radius 3 is 2.28 bits per heavy atom. The second kappa shape index (κ2) is 8.84. The highest BCUT2D eigenvalue weighted by Crippen LogP contribution is 2.34. The van der Waals surface area contributed by atoms with Crippen LogP contribution in [0.3, 0.4) is 0 Å². The Hall–Kier alpha value is -3.24. The van der Waals surface area contributed by atoms with Crippen molar-refractivity contribution in [3.05, 3.63) is 95.1 Å². The molecule has 0 unspecified atom stereocenters. The van der Waals surface area contributed by atoms with Gasteiger partial charge in [0.15, 0.2) is 0 Å². The quantitative estimate of drug-likeness (QED) is 0.475. The Morgan fingerprint density at radius 1 is 0.931 bits per heavy atom. The van der Waals surface area contributed by atoms with Crippen molar-refractivity contribution in [1.82, 2.24) is 0 Å². The van der Waals surface area contributed by atoms with Gasteiger partial charge in [0.05, 0.1) is 16.7 Å². The second-order valence-corrected chi connectivity index (χ2v) is 7.02. The van der Waals surface area contributed by atoms with Gasteiger partial charge >= 0.3 is 12.1 Å². The molecule has 3 aromatic rings. The van der Waals surface area contributed by atoms with Gasteiger partial charge in [0, 0.05) is 15.4 Å². The van der Waals surface area contributed by atoms with Crippen molar-refractivity contribution in [2.75, 3.05) is 0 Å². The molecule has 0 saturated carbocycles. The van der Waals surface area contributed by atoms with Gasteiger partial charge in [0.2, 0.25) is 0 Å². The highest BCUT2D eigenvalue weighted by Gasteiger charge is 2.33. The van der Waals surface area contributed by atoms with Crippen molar-refractivity contribution in [1.29, 1.82) is 5.26 Å². The van der Waals surface area contributed by atoms with Crippen LogP contribution in [0, 0.1) is 11.3 Å². The average Bonchev–Trinajstić information content (AvgIpc) is 2.72. The smallest absolute Gasteiger partial charge is 0.416 e. The summed E-state index contributed by atoms with van der Waals surface area (Å²) in [4.78, 5) is 13.8. The van der Waals surface area contributed by atoms with Gasteiger partial charge in [-0.05, 0) is 30.3 Å². The molecule has 0 heterocycles. The lowest BCUT2D eigenvalue weighted by atomic mass is 10.1. The number of esters is 1. The Morgan fingerprint density at radius 2 is 1.55 bits per heavy atom. The van der Waals surface area contributed by atoms with E-state index in [1.807, 2.05) is 0 Å². The maximum atomic E-state index is 13.1. The minimum absolute atomic E-state index is 0.117. The van der Waals surface area contributed by atoms with Crippen molar-refractivity contribution >= 4 is 17.7 Å². The molecular weight excluding hydrogens is 399 g/mol. The predicted molar refractivity (Wildman–Crippen MR) is 102 cm³/mol. The molecule has 0 aliphatic heterocycles. The molecule has 0 bridgehead atoms. The zero-order valence-electron chi connectivity index (χ0n) is 14.9. The minimum Gasteiger partial charge on any atom is -0.457 e. The summed E-state index contributed by atoms with van der Waals surface area (Å²) >= 11 is 1.22. The van der Waals surface area contributed by atoms with Crippen LogP contribution in [0.1, 0.15) is 27.0 Å². The first-order valence-electron chi connectivity index (χ1n) is 8.48. The number of benzene rings is 3. The van der Waals surface area contributed by atoms with Crippen LogP contribution in [0.5, 0.6) is 0 Å². The number of carbonyl (C=O) groups excluding carboxylic acids is 1. The number of carbonyl (C=O) groups is 1. The molecule has 0 aliphatic carbocycles. The Kier molecular flexibility index (Phi) is 6.25. The van der Waals surface area contributed by atoms with Crippen LogP contribution in [-0.2, 0) is 17.5 Å². The summed E-state index contributed by atoms with van der Waals surface area (Å²) in [6.07, 6.45) is -4.53. The Labute approximate surface area is 169 Å². The number of alkyl halides is 3. The van der Waals surface area contributed by atoms with Crippen LogP contribution in [-0.4, -0.2) is 5.97 Å². The van der Waals surface area contributed by atoms with Crippen LogP contribution in [0.4, 0.5) is 13.2 Å². The molecule has 3 nitrogen and oxygen atoms in total. The lowest BCUT2D eigenvalue weighted by Crippen LogP contribution is -2.12. The van der Waals surface area contributed by atoms with Crippen LogP contribution in [0.15, 0.2) is 82.6 Å². The van der Waals surface area contributed by atoms with Gasteiger partial charge < -0.3 is 4.74 Å². The summed E-state index contributed by atoms with van der Waals surface area (Å²) in [5, 5.41) is 9.23. The molecule has 0 aromatic heterocycles. The van der Waals surface area contributed by atoms with E-state index in [-0.39, 0.29) is 11.1 Å². The largest absolute Gasteiger partial charge is 0.457 e. The molecule has 3 rings (SSSR count). The first kappa shape index (κ1) is 20.5. The van der Waals surface area contributed by atoms with Crippen LogP contribution in [0.25, 0.3) is 0 Å². The van der Waals surface area contributed by atoms with Gasteiger partial charge in [0.1, 0.15) is 12.7 Å². The van der Waals surface area contributed by atoms with Gasteiger partial charge in [-0.3, -0.25) is 0 Å². The summed E-state index contributed by atoms with van der Waals surface area (Å²) in [5.74, 6) is -0.737. The van der Waals surface area contributed by atoms with Crippen molar-refractivity contribution in [2.45, 2.75) is 22.6 Å². The van der Waals surface area contributed by atoms with Crippen molar-refractivity contribution < 1.29 is 22.7 Å². The topological polar surface area (TPSA) is 50.1 Å². The first-order valence-corrected chi connectivity index (χ1v) is 9.30. The lowest BCUT2D eigenvalue weighted by molar-refractivity contribution is -0.138. The summed E-state index contributed by atoms with van der Waals surface area (Å²) in [6, 6.07) is 20.6. The van der Waals surface area contributed by atoms with Gasteiger partial charge in [-0.25, -0.2) is 4.79 Å². The number of ether oxygens (including phenoxy) is 1. The van der Waals surface area contributed by atoms with E-state index in [0.29, 0.717) is 15.4 Å². The van der Waals surface area contributed by atoms with E-state index in [1.54, 1.807) is 42.5 Å². The molecule has 0 aliphatic rings. The van der Waals surface area contributed by atoms with Crippen LogP contribution < -0.4 is 0 Å². The van der Waals surface area contributed by atoms with Gasteiger partial charge in [0.25, 0.3) is 0 Å². The zero-order valence-corrected chi connectivity index (χ0v) is 15.8. The fourth-order valence-electron chi connectivity index (χ4n) is 2.63. The maximum absolute atomic E-state index is 13.1. The summed E-state index contributed by atoms with van der Waals surface area (Å²) in [6.45, 7) is -0.498. The number of rotatable bonds is 5. The lowest BCUT2D eigenvalue weighted by Gasteiger charge is -2.14. The standard InChI is InChI=1S/C22H14F3NO2S/c23-22(24,25)18-10-4-1-8-16(18)14-28-21(27)17-9-3-6-12-20(17)29-19-11-5-2-7-15(19)13-26/h1-12H,14H2. The normalized spacial score (nSPS) is 11.0. The molecule has 146 valence electrons. The number of hydrogen-bond donors (Lipinski definition) is 0. The predicted octanol–water partition coefficient (Wildman–Crippen LogP) is 6.09. The van der Waals surface area contributed by atoms with E-state index in [1.165, 1.54) is 36.0 Å². The Bertz CT molecular complexity index is 1070. The third-order valence-corrected chi connectivity index (χ3v) is 5.17. The van der Waals surface area contributed by atoms with Gasteiger partial charge in [-0.15, -0.1) is 0 Å². The molecule has 0 N–H and O–H groups in total. The number of nitriles is 1. The van der Waals surface area contributed by atoms with Crippen LogP contribution >= 0.6 is 11.8 Å². The molecule has 0 radical (unpaired) electrons. The first-order chi connectivity index (χ1) is 13.9. The van der Waals surface area contributed by atoms with Crippen LogP contribution in [0.2, 0.25) is 0 Å². The van der Waals surface area contributed by atoms with Crippen molar-refractivity contribution in [3.63, 3.8) is 0 Å². The molecule has 0 spiro atoms. The summed E-state index contributed by atoms with van der Waals surface area (Å²) in [7, 11) is 0. The van der Waals surface area contributed by atoms with E-state index in [4.69, 9.17) is 4.74 Å². The fourth-order valence-corrected chi connectivity index (χ4v) is 3.65. The fraction of sp³-hybridized carbons (Fsp3) is 0.0909. The summed E-state index contributed by atoms with van der Waals surface area (Å²) in [5.41, 5.74) is -0.277. The molecule has 29 heavy (non-hydrogen) atoms. The molecular formula is C22H14F3NO2S. The number of hydrogen-bond acceptors (Lipinski definition) is 4. The highest BCUT2D eigenvalue weighted by atomic mass is 32.2. The molecule has 7 heteroatoms. The van der Waals surface area contributed by atoms with Gasteiger partial charge in [-0.2, -0.15) is 18.4 Å². The van der Waals surface area contributed by atoms with Crippen molar-refractivity contribution in [2.24, 2.45) is 0 Å². The summed E-state index contributed by atoms with van der Waals surface area (Å²) < 4.78 is 44.5. The van der Waals surface area contributed by atoms with E-state index in [9.17, 15) is 23.2 Å². The number of nitrogens with zero attached hydrogens (tertiary/aromatic N) is 1. The minimum atomic E-state index is -4.53. The molecule has 0 atom stereocenters. The van der Waals surface area contributed by atoms with E-state index in [0.717, 1.165) is 6.07 Å². The maximum Gasteiger partial charge on any atom is 0.416 e. The third kappa shape index (κ3) is 4.98. The SMILES string of the molecule is N#Cc1ccccc1Sc1ccccc1C(=O)OCc1ccccc1C(F)(F)F. The number of halogens is 3. The molecule has 0 amide bonds.